The van der Waals surface area contributed by atoms with Crippen LogP contribution in [0.2, 0.25) is 0 Å². The zero-order chi connectivity index (χ0) is 20.3. The van der Waals surface area contributed by atoms with Crippen molar-refractivity contribution in [1.29, 1.82) is 5.26 Å². The van der Waals surface area contributed by atoms with Gasteiger partial charge in [-0.15, -0.1) is 5.10 Å². The first-order chi connectivity index (χ1) is 13.3. The van der Waals surface area contributed by atoms with Crippen LogP contribution in [0.4, 0.5) is 10.1 Å². The van der Waals surface area contributed by atoms with Crippen LogP contribution in [-0.4, -0.2) is 31.6 Å². The molecule has 7 nitrogen and oxygen atoms in total. The van der Waals surface area contributed by atoms with Gasteiger partial charge in [-0.05, 0) is 61.9 Å². The number of nitriles is 1. The number of aliphatic hydroxyl groups is 1. The summed E-state index contributed by atoms with van der Waals surface area (Å²) < 4.78 is 14.4. The molecule has 0 saturated carbocycles. The van der Waals surface area contributed by atoms with E-state index in [1.165, 1.54) is 23.7 Å². The Balaban J connectivity index is 1.71. The monoisotopic (exact) mass is 379 g/mol. The van der Waals surface area contributed by atoms with Gasteiger partial charge in [0.25, 0.3) is 5.91 Å². The zero-order valence-electron chi connectivity index (χ0n) is 15.3. The Kier molecular flexibility index (Phi) is 5.20. The van der Waals surface area contributed by atoms with Gasteiger partial charge in [0.15, 0.2) is 5.60 Å². The number of benzene rings is 2. The number of nitrogens with one attached hydrogen (secondary N) is 1. The van der Waals surface area contributed by atoms with Crippen LogP contribution in [-0.2, 0) is 11.3 Å². The first-order valence-electron chi connectivity index (χ1n) is 8.49. The van der Waals surface area contributed by atoms with Gasteiger partial charge in [-0.25, -0.2) is 9.07 Å². The molecule has 0 aliphatic heterocycles. The Morgan fingerprint density at radius 2 is 2.04 bits per heavy atom. The molecule has 0 fully saturated rings. The van der Waals surface area contributed by atoms with E-state index in [0.717, 1.165) is 5.56 Å². The lowest BCUT2D eigenvalue weighted by Crippen LogP contribution is -2.43. The third kappa shape index (κ3) is 4.22. The fourth-order valence-electron chi connectivity index (χ4n) is 2.65. The molecule has 1 amide bonds. The van der Waals surface area contributed by atoms with Gasteiger partial charge in [-0.1, -0.05) is 5.21 Å². The van der Waals surface area contributed by atoms with E-state index in [1.54, 1.807) is 43.5 Å². The third-order valence-corrected chi connectivity index (χ3v) is 4.24. The Bertz CT molecular complexity index is 1050. The lowest BCUT2D eigenvalue weighted by molar-refractivity contribution is -0.133. The second-order valence-corrected chi connectivity index (χ2v) is 6.68. The molecule has 1 heterocycles. The molecular formula is C20H18FN5O2. The number of hydrogen-bond donors (Lipinski definition) is 2. The smallest absolute Gasteiger partial charge is 0.257 e. The molecule has 2 N–H and O–H groups in total. The molecule has 3 aromatic rings. The number of halogens is 1. The molecule has 0 aliphatic rings. The second-order valence-electron chi connectivity index (χ2n) is 6.68. The number of carbonyl (C=O) groups is 1. The first kappa shape index (κ1) is 19.2. The van der Waals surface area contributed by atoms with Crippen molar-refractivity contribution in [3.63, 3.8) is 0 Å². The highest BCUT2D eigenvalue weighted by atomic mass is 19.1. The summed E-state index contributed by atoms with van der Waals surface area (Å²) >= 11 is 0. The summed E-state index contributed by atoms with van der Waals surface area (Å²) in [6, 6.07) is 12.7. The number of carbonyl (C=O) groups excluding carboxylic acids is 1. The van der Waals surface area contributed by atoms with Crippen molar-refractivity contribution in [3.05, 3.63) is 65.6 Å². The summed E-state index contributed by atoms with van der Waals surface area (Å²) in [4.78, 5) is 12.5. The lowest BCUT2D eigenvalue weighted by atomic mass is 10.1. The molecule has 0 spiro atoms. The molecule has 8 heteroatoms. The van der Waals surface area contributed by atoms with Gasteiger partial charge in [0, 0.05) is 11.3 Å². The number of rotatable bonds is 5. The molecule has 28 heavy (non-hydrogen) atoms. The van der Waals surface area contributed by atoms with E-state index < -0.39 is 11.5 Å². The van der Waals surface area contributed by atoms with Crippen molar-refractivity contribution in [3.8, 4) is 17.3 Å². The molecule has 1 aromatic heterocycles. The summed E-state index contributed by atoms with van der Waals surface area (Å²) in [5, 5.41) is 30.1. The molecule has 0 saturated heterocycles. The highest BCUT2D eigenvalue weighted by Gasteiger charge is 2.31. The average molecular weight is 379 g/mol. The fourth-order valence-corrected chi connectivity index (χ4v) is 2.65. The minimum Gasteiger partial charge on any atom is -0.378 e. The highest BCUT2D eigenvalue weighted by Crippen LogP contribution is 2.19. The molecule has 0 bridgehead atoms. The quantitative estimate of drug-likeness (QED) is 0.709. The highest BCUT2D eigenvalue weighted by molar-refractivity contribution is 5.96. The standard InChI is InChI=1S/C20H18FN5O2/c1-13-9-17(8-5-15(13)10-22)23-19(27)20(2,28)12-26-11-18(24-25-26)14-3-6-16(21)7-4-14/h3-9,11,28H,12H2,1-2H3,(H,23,27). The van der Waals surface area contributed by atoms with Gasteiger partial charge in [-0.3, -0.25) is 4.79 Å². The zero-order valence-corrected chi connectivity index (χ0v) is 15.3. The maximum absolute atomic E-state index is 13.0. The maximum atomic E-state index is 13.0. The molecule has 3 rings (SSSR count). The summed E-state index contributed by atoms with van der Waals surface area (Å²) in [5.41, 5.74) is 1.13. The van der Waals surface area contributed by atoms with Gasteiger partial charge in [-0.2, -0.15) is 5.26 Å². The van der Waals surface area contributed by atoms with Gasteiger partial charge in [0.05, 0.1) is 24.4 Å². The molecule has 1 unspecified atom stereocenters. The molecule has 0 radical (unpaired) electrons. The van der Waals surface area contributed by atoms with E-state index in [0.29, 0.717) is 22.5 Å². The van der Waals surface area contributed by atoms with Crippen molar-refractivity contribution in [2.24, 2.45) is 0 Å². The number of aryl methyl sites for hydroxylation is 1. The fraction of sp³-hybridized carbons (Fsp3) is 0.200. The average Bonchev–Trinajstić information content (AvgIpc) is 3.10. The molecule has 0 aliphatic carbocycles. The van der Waals surface area contributed by atoms with Crippen molar-refractivity contribution in [2.45, 2.75) is 26.0 Å². The number of nitrogens with zero attached hydrogens (tertiary/aromatic N) is 4. The SMILES string of the molecule is Cc1cc(NC(=O)C(C)(O)Cn2cc(-c3ccc(F)cc3)nn2)ccc1C#N. The van der Waals surface area contributed by atoms with Crippen molar-refractivity contribution < 1.29 is 14.3 Å². The third-order valence-electron chi connectivity index (χ3n) is 4.24. The van der Waals surface area contributed by atoms with Crippen molar-refractivity contribution in [1.82, 2.24) is 15.0 Å². The number of anilines is 1. The Labute approximate surface area is 161 Å². The minimum atomic E-state index is -1.75. The molecular weight excluding hydrogens is 361 g/mol. The van der Waals surface area contributed by atoms with E-state index in [1.807, 2.05) is 0 Å². The topological polar surface area (TPSA) is 104 Å². The Morgan fingerprint density at radius 3 is 2.68 bits per heavy atom. The van der Waals surface area contributed by atoms with Crippen LogP contribution in [0.5, 0.6) is 0 Å². The number of amides is 1. The van der Waals surface area contributed by atoms with Gasteiger partial charge in [0.1, 0.15) is 11.5 Å². The van der Waals surface area contributed by atoms with E-state index in [-0.39, 0.29) is 12.4 Å². The lowest BCUT2D eigenvalue weighted by Gasteiger charge is -2.22. The molecule has 1 atom stereocenters. The van der Waals surface area contributed by atoms with E-state index >= 15 is 0 Å². The van der Waals surface area contributed by atoms with Crippen molar-refractivity contribution >= 4 is 11.6 Å². The van der Waals surface area contributed by atoms with Crippen LogP contribution in [0.15, 0.2) is 48.7 Å². The molecule has 142 valence electrons. The normalized spacial score (nSPS) is 12.8. The van der Waals surface area contributed by atoms with Crippen LogP contribution < -0.4 is 5.32 Å². The van der Waals surface area contributed by atoms with Crippen LogP contribution in [0.1, 0.15) is 18.1 Å². The Hall–Kier alpha value is -3.57. The molecule has 2 aromatic carbocycles. The first-order valence-corrected chi connectivity index (χ1v) is 8.49. The number of aromatic nitrogens is 3. The summed E-state index contributed by atoms with van der Waals surface area (Å²) in [6.45, 7) is 3.01. The van der Waals surface area contributed by atoms with Crippen LogP contribution >= 0.6 is 0 Å². The maximum Gasteiger partial charge on any atom is 0.257 e. The van der Waals surface area contributed by atoms with E-state index in [9.17, 15) is 14.3 Å². The van der Waals surface area contributed by atoms with E-state index in [2.05, 4.69) is 21.7 Å². The Morgan fingerprint density at radius 1 is 1.32 bits per heavy atom. The van der Waals surface area contributed by atoms with Crippen molar-refractivity contribution in [2.75, 3.05) is 5.32 Å². The second kappa shape index (κ2) is 7.58. The predicted molar refractivity (Wildman–Crippen MR) is 101 cm³/mol. The van der Waals surface area contributed by atoms with Gasteiger partial charge >= 0.3 is 0 Å². The largest absolute Gasteiger partial charge is 0.378 e. The van der Waals surface area contributed by atoms with Gasteiger partial charge < -0.3 is 10.4 Å². The minimum absolute atomic E-state index is 0.123. The summed E-state index contributed by atoms with van der Waals surface area (Å²) in [5.74, 6) is -0.968. The van der Waals surface area contributed by atoms with Crippen LogP contribution in [0, 0.1) is 24.1 Å². The van der Waals surface area contributed by atoms with E-state index in [4.69, 9.17) is 5.26 Å². The van der Waals surface area contributed by atoms with Crippen LogP contribution in [0.25, 0.3) is 11.3 Å². The van der Waals surface area contributed by atoms with Gasteiger partial charge in [0.2, 0.25) is 0 Å². The van der Waals surface area contributed by atoms with Crippen LogP contribution in [0.3, 0.4) is 0 Å². The number of hydrogen-bond acceptors (Lipinski definition) is 5. The predicted octanol–water partition coefficient (Wildman–Crippen LogP) is 2.65. The summed E-state index contributed by atoms with van der Waals surface area (Å²) in [6.07, 6.45) is 1.57. The summed E-state index contributed by atoms with van der Waals surface area (Å²) in [7, 11) is 0.